The summed E-state index contributed by atoms with van der Waals surface area (Å²) in [4.78, 5) is 56.9. The summed E-state index contributed by atoms with van der Waals surface area (Å²) >= 11 is 1.45. The quantitative estimate of drug-likeness (QED) is 0.203. The van der Waals surface area contributed by atoms with Crippen LogP contribution in [0, 0.1) is 6.92 Å². The first-order chi connectivity index (χ1) is 23.3. The number of hydrogen-bond donors (Lipinski definition) is 4. The molecule has 0 aromatic heterocycles. The predicted molar refractivity (Wildman–Crippen MR) is 192 cm³/mol. The molecule has 3 aromatic rings. The third-order valence-corrected chi connectivity index (χ3v) is 9.90. The molecule has 1 heterocycles. The molecule has 2 unspecified atom stereocenters. The fraction of sp³-hybridized carbons (Fsp3) is 0.405. The number of hydrogen-bond acceptors (Lipinski definition) is 8. The van der Waals surface area contributed by atoms with Gasteiger partial charge in [0.25, 0.3) is 11.8 Å². The number of aliphatic hydroxyl groups is 1. The molecule has 4 rings (SSSR count). The van der Waals surface area contributed by atoms with Gasteiger partial charge >= 0.3 is 0 Å². The summed E-state index contributed by atoms with van der Waals surface area (Å²) in [5, 5.41) is 19.9. The largest absolute Gasteiger partial charge is 0.484 e. The van der Waals surface area contributed by atoms with Crippen LogP contribution in [-0.4, -0.2) is 89.2 Å². The van der Waals surface area contributed by atoms with Crippen LogP contribution in [-0.2, 0) is 32.1 Å². The van der Waals surface area contributed by atoms with Crippen molar-refractivity contribution in [2.45, 2.75) is 69.6 Å². The summed E-state index contributed by atoms with van der Waals surface area (Å²) in [5.74, 6) is -1.38. The second-order valence-electron chi connectivity index (χ2n) is 13.0. The van der Waals surface area contributed by atoms with E-state index in [9.17, 15) is 24.3 Å². The third kappa shape index (κ3) is 9.99. The zero-order valence-electron chi connectivity index (χ0n) is 28.9. The van der Waals surface area contributed by atoms with Crippen LogP contribution in [0.4, 0.5) is 5.69 Å². The maximum Gasteiger partial charge on any atom is 0.258 e. The van der Waals surface area contributed by atoms with Gasteiger partial charge in [-0.3, -0.25) is 19.2 Å². The van der Waals surface area contributed by atoms with E-state index in [-0.39, 0.29) is 24.8 Å². The van der Waals surface area contributed by atoms with Gasteiger partial charge in [-0.25, -0.2) is 0 Å². The molecule has 0 radical (unpaired) electrons. The number of thioether (sulfide) groups is 1. The van der Waals surface area contributed by atoms with Gasteiger partial charge in [-0.05, 0) is 62.9 Å². The molecule has 262 valence electrons. The average molecular weight is 690 g/mol. The van der Waals surface area contributed by atoms with Gasteiger partial charge < -0.3 is 35.6 Å². The Kier molecular flexibility index (Phi) is 12.7. The summed E-state index contributed by atoms with van der Waals surface area (Å²) in [6, 6.07) is 21.3. The Morgan fingerprint density at radius 2 is 1.69 bits per heavy atom. The first-order valence-electron chi connectivity index (χ1n) is 16.3. The molecule has 0 bridgehead atoms. The molecule has 0 spiro atoms. The van der Waals surface area contributed by atoms with Crippen molar-refractivity contribution in [3.05, 3.63) is 95.6 Å². The first kappa shape index (κ1) is 37.3. The molecule has 12 heteroatoms. The van der Waals surface area contributed by atoms with Crippen molar-refractivity contribution in [2.24, 2.45) is 0 Å². The van der Waals surface area contributed by atoms with Crippen LogP contribution < -0.4 is 25.6 Å². The van der Waals surface area contributed by atoms with E-state index in [4.69, 9.17) is 4.74 Å². The number of carbonyl (C=O) groups excluding carboxylic acids is 4. The van der Waals surface area contributed by atoms with Gasteiger partial charge in [0.05, 0.1) is 11.9 Å². The van der Waals surface area contributed by atoms with E-state index >= 15 is 0 Å². The number of nitrogens with zero attached hydrogens (tertiary/aromatic N) is 2. The number of nitrogens with one attached hydrogen (secondary N) is 3. The number of ether oxygens (including phenoxy) is 1. The van der Waals surface area contributed by atoms with Gasteiger partial charge in [0.1, 0.15) is 17.8 Å². The molecule has 1 aliphatic heterocycles. The summed E-state index contributed by atoms with van der Waals surface area (Å²) in [5.41, 5.74) is 3.70. The number of amides is 4. The van der Waals surface area contributed by atoms with Crippen LogP contribution in [0.2, 0.25) is 0 Å². The van der Waals surface area contributed by atoms with Gasteiger partial charge in [0, 0.05) is 37.1 Å². The van der Waals surface area contributed by atoms with Crippen molar-refractivity contribution in [1.82, 2.24) is 20.9 Å². The topological polar surface area (TPSA) is 140 Å². The maximum absolute atomic E-state index is 14.0. The first-order valence-corrected chi connectivity index (χ1v) is 17.2. The van der Waals surface area contributed by atoms with Crippen LogP contribution in [0.25, 0.3) is 0 Å². The van der Waals surface area contributed by atoms with Crippen molar-refractivity contribution in [3.63, 3.8) is 0 Å². The molecule has 0 aliphatic carbocycles. The zero-order chi connectivity index (χ0) is 35.7. The predicted octanol–water partition coefficient (Wildman–Crippen LogP) is 3.03. The van der Waals surface area contributed by atoms with E-state index in [1.807, 2.05) is 106 Å². The molecule has 11 nitrogen and oxygen atoms in total. The molecule has 3 aromatic carbocycles. The van der Waals surface area contributed by atoms with Crippen molar-refractivity contribution in [1.29, 1.82) is 0 Å². The second-order valence-corrected chi connectivity index (χ2v) is 14.6. The Morgan fingerprint density at radius 3 is 2.39 bits per heavy atom. The number of rotatable bonds is 14. The average Bonchev–Trinajstić information content (AvgIpc) is 3.40. The molecule has 1 aliphatic rings. The lowest BCUT2D eigenvalue weighted by molar-refractivity contribution is -0.148. The molecule has 4 amide bonds. The molecule has 0 saturated carbocycles. The monoisotopic (exact) mass is 689 g/mol. The number of benzene rings is 3. The maximum atomic E-state index is 14.0. The highest BCUT2D eigenvalue weighted by Gasteiger charge is 2.49. The highest BCUT2D eigenvalue weighted by Crippen LogP contribution is 2.40. The normalized spacial score (nSPS) is 17.0. The molecular weight excluding hydrogens is 643 g/mol. The number of aryl methyl sites for hydroxylation is 1. The van der Waals surface area contributed by atoms with Crippen molar-refractivity contribution in [3.8, 4) is 5.75 Å². The van der Waals surface area contributed by atoms with Crippen LogP contribution in [0.15, 0.2) is 78.9 Å². The Hall–Kier alpha value is -4.55. The van der Waals surface area contributed by atoms with Gasteiger partial charge in [0.2, 0.25) is 11.8 Å². The van der Waals surface area contributed by atoms with Gasteiger partial charge in [0.15, 0.2) is 12.7 Å². The van der Waals surface area contributed by atoms with Crippen molar-refractivity contribution >= 4 is 41.1 Å². The summed E-state index contributed by atoms with van der Waals surface area (Å²) in [6.45, 7) is 7.27. The van der Waals surface area contributed by atoms with E-state index in [1.165, 1.54) is 23.6 Å². The van der Waals surface area contributed by atoms with E-state index in [0.717, 1.165) is 22.4 Å². The van der Waals surface area contributed by atoms with E-state index in [0.29, 0.717) is 12.3 Å². The minimum atomic E-state index is -1.67. The summed E-state index contributed by atoms with van der Waals surface area (Å²) < 4.78 is 5.00. The van der Waals surface area contributed by atoms with Gasteiger partial charge in [-0.2, -0.15) is 0 Å². The van der Waals surface area contributed by atoms with E-state index < -0.39 is 46.7 Å². The van der Waals surface area contributed by atoms with Crippen LogP contribution in [0.5, 0.6) is 5.75 Å². The van der Waals surface area contributed by atoms with Crippen molar-refractivity contribution < 1.29 is 29.0 Å². The number of anilines is 1. The Morgan fingerprint density at radius 1 is 1.00 bits per heavy atom. The minimum absolute atomic E-state index is 0.139. The summed E-state index contributed by atoms with van der Waals surface area (Å²) in [7, 11) is 3.80. The Balaban J connectivity index is 1.43. The van der Waals surface area contributed by atoms with Crippen LogP contribution >= 0.6 is 11.8 Å². The fourth-order valence-electron chi connectivity index (χ4n) is 5.61. The molecule has 1 saturated heterocycles. The standard InChI is InChI=1S/C37H47N5O6S/c1-24-13-10-11-16-27(24)21-38-35(46)33-37(3,4)49-23-42(33)36(47)32(44)30(19-26-14-8-7-9-15-26)40-34(45)25(2)39-31(43)22-48-29-18-12-17-28(20-29)41(5)6/h7-18,20,25,30,32-33,44H,19,21-23H2,1-6H3,(H,38,46)(H,39,43)(H,40,45)/t25?,30-,32-,33?/m0/s1. The molecule has 4 N–H and O–H groups in total. The SMILES string of the molecule is Cc1ccccc1CNC(=O)C1N(C(=O)[C@@H](O)[C@H](Cc2ccccc2)NC(=O)C(C)NC(=O)COc2cccc(N(C)C)c2)CSC1(C)C. The van der Waals surface area contributed by atoms with Crippen LogP contribution in [0.1, 0.15) is 37.5 Å². The second kappa shape index (κ2) is 16.7. The minimum Gasteiger partial charge on any atom is -0.484 e. The van der Waals surface area contributed by atoms with Gasteiger partial charge in [-0.15, -0.1) is 11.8 Å². The third-order valence-electron chi connectivity index (χ3n) is 8.53. The van der Waals surface area contributed by atoms with E-state index in [2.05, 4.69) is 16.0 Å². The molecular formula is C37H47N5O6S. The lowest BCUT2D eigenvalue weighted by atomic mass is 9.97. The zero-order valence-corrected chi connectivity index (χ0v) is 29.8. The lowest BCUT2D eigenvalue weighted by Crippen LogP contribution is -2.60. The molecule has 1 fully saturated rings. The Bertz CT molecular complexity index is 1620. The highest BCUT2D eigenvalue weighted by atomic mass is 32.2. The molecule has 49 heavy (non-hydrogen) atoms. The smallest absolute Gasteiger partial charge is 0.258 e. The summed E-state index contributed by atoms with van der Waals surface area (Å²) in [6.07, 6.45) is -1.53. The van der Waals surface area contributed by atoms with Crippen molar-refractivity contribution in [2.75, 3.05) is 31.5 Å². The lowest BCUT2D eigenvalue weighted by Gasteiger charge is -2.33. The van der Waals surface area contributed by atoms with Crippen LogP contribution in [0.3, 0.4) is 0 Å². The number of carbonyl (C=O) groups is 4. The van der Waals surface area contributed by atoms with Gasteiger partial charge in [-0.1, -0.05) is 60.7 Å². The number of aliphatic hydroxyl groups excluding tert-OH is 1. The Labute approximate surface area is 292 Å². The molecule has 4 atom stereocenters. The fourth-order valence-corrected chi connectivity index (χ4v) is 6.75. The highest BCUT2D eigenvalue weighted by molar-refractivity contribution is 8.00. The van der Waals surface area contributed by atoms with E-state index in [1.54, 1.807) is 12.1 Å².